The van der Waals surface area contributed by atoms with Gasteiger partial charge >= 0.3 is 0 Å². The topological polar surface area (TPSA) is 72.2 Å². The summed E-state index contributed by atoms with van der Waals surface area (Å²) in [6, 6.07) is 0.758. The van der Waals surface area contributed by atoms with Crippen molar-refractivity contribution in [1.29, 1.82) is 0 Å². The summed E-state index contributed by atoms with van der Waals surface area (Å²) < 4.78 is 26.2. The van der Waals surface area contributed by atoms with Crippen molar-refractivity contribution >= 4 is 11.6 Å². The molecule has 21 heavy (non-hydrogen) atoms. The monoisotopic (exact) mass is 300 g/mol. The summed E-state index contributed by atoms with van der Waals surface area (Å²) >= 11 is 0. The second kappa shape index (κ2) is 7.10. The van der Waals surface area contributed by atoms with Gasteiger partial charge in [0.1, 0.15) is 5.56 Å². The first-order valence-electron chi connectivity index (χ1n) is 6.66. The van der Waals surface area contributed by atoms with Crippen LogP contribution in [0, 0.1) is 27.7 Å². The zero-order valence-corrected chi connectivity index (χ0v) is 12.2. The molecule has 1 N–H and O–H groups in total. The van der Waals surface area contributed by atoms with E-state index < -0.39 is 33.7 Å². The molecule has 116 valence electrons. The molecule has 5 nitrogen and oxygen atoms in total. The molecule has 0 bridgehead atoms. The van der Waals surface area contributed by atoms with Crippen molar-refractivity contribution in [2.45, 2.75) is 39.7 Å². The summed E-state index contributed by atoms with van der Waals surface area (Å²) in [7, 11) is 0. The number of hydrogen-bond donors (Lipinski definition) is 1. The molecule has 1 unspecified atom stereocenters. The van der Waals surface area contributed by atoms with Crippen LogP contribution in [0.4, 0.5) is 14.5 Å². The average Bonchev–Trinajstić information content (AvgIpc) is 2.38. The highest BCUT2D eigenvalue weighted by molar-refractivity contribution is 5.98. The quantitative estimate of drug-likeness (QED) is 0.646. The molecule has 1 rings (SSSR count). The third-order valence-electron chi connectivity index (χ3n) is 3.03. The minimum atomic E-state index is -1.36. The van der Waals surface area contributed by atoms with E-state index in [0.717, 1.165) is 6.42 Å². The fraction of sp³-hybridized carbons (Fsp3) is 0.500. The zero-order valence-electron chi connectivity index (χ0n) is 12.2. The van der Waals surface area contributed by atoms with Gasteiger partial charge < -0.3 is 5.32 Å². The molecule has 1 aromatic carbocycles. The molecule has 7 heteroatoms. The van der Waals surface area contributed by atoms with Gasteiger partial charge in [0.2, 0.25) is 0 Å². The number of nitro benzene ring substituents is 1. The van der Waals surface area contributed by atoms with Gasteiger partial charge in [0.25, 0.3) is 11.6 Å². The second-order valence-electron chi connectivity index (χ2n) is 5.39. The molecule has 0 aliphatic carbocycles. The number of carbonyl (C=O) groups excluding carboxylic acids is 1. The van der Waals surface area contributed by atoms with E-state index >= 15 is 0 Å². The smallest absolute Gasteiger partial charge is 0.285 e. The van der Waals surface area contributed by atoms with Crippen molar-refractivity contribution in [3.63, 3.8) is 0 Å². The average molecular weight is 300 g/mol. The molecule has 0 aliphatic rings. The maximum Gasteiger partial charge on any atom is 0.285 e. The zero-order chi connectivity index (χ0) is 16.2. The van der Waals surface area contributed by atoms with Crippen LogP contribution in [0.25, 0.3) is 0 Å². The fourth-order valence-corrected chi connectivity index (χ4v) is 1.83. The highest BCUT2D eigenvalue weighted by Crippen LogP contribution is 2.22. The number of nitrogens with one attached hydrogen (secondary N) is 1. The van der Waals surface area contributed by atoms with Gasteiger partial charge in [-0.1, -0.05) is 13.8 Å². The summed E-state index contributed by atoms with van der Waals surface area (Å²) in [4.78, 5) is 21.9. The standard InChI is InChI=1S/C14H18F2N2O3/c1-8(2)4-5-9(3)17-14(19)10-6-11(15)12(16)7-13(10)18(20)21/h6-9H,4-5H2,1-3H3,(H,17,19). The molecule has 0 aromatic heterocycles. The van der Waals surface area contributed by atoms with Gasteiger partial charge in [0.05, 0.1) is 11.0 Å². The maximum absolute atomic E-state index is 13.2. The van der Waals surface area contributed by atoms with E-state index in [1.165, 1.54) is 0 Å². The van der Waals surface area contributed by atoms with Crippen molar-refractivity contribution < 1.29 is 18.5 Å². The van der Waals surface area contributed by atoms with Crippen LogP contribution >= 0.6 is 0 Å². The van der Waals surface area contributed by atoms with Crippen molar-refractivity contribution in [1.82, 2.24) is 5.32 Å². The Bertz CT molecular complexity index is 547. The highest BCUT2D eigenvalue weighted by atomic mass is 19.2. The van der Waals surface area contributed by atoms with Crippen LogP contribution in [-0.2, 0) is 0 Å². The molecular weight excluding hydrogens is 282 g/mol. The van der Waals surface area contributed by atoms with Crippen LogP contribution in [0.1, 0.15) is 44.0 Å². The lowest BCUT2D eigenvalue weighted by molar-refractivity contribution is -0.385. The Hall–Kier alpha value is -2.05. The predicted molar refractivity (Wildman–Crippen MR) is 74.0 cm³/mol. The van der Waals surface area contributed by atoms with E-state index in [-0.39, 0.29) is 6.04 Å². The number of carbonyl (C=O) groups is 1. The normalized spacial score (nSPS) is 12.3. The summed E-state index contributed by atoms with van der Waals surface area (Å²) in [5.41, 5.74) is -1.22. The summed E-state index contributed by atoms with van der Waals surface area (Å²) in [5.74, 6) is -2.97. The Labute approximate surface area is 121 Å². The molecule has 0 saturated heterocycles. The number of nitrogens with zero attached hydrogens (tertiary/aromatic N) is 1. The van der Waals surface area contributed by atoms with Gasteiger partial charge in [-0.05, 0) is 31.7 Å². The lowest BCUT2D eigenvalue weighted by atomic mass is 10.0. The van der Waals surface area contributed by atoms with E-state index in [0.29, 0.717) is 24.5 Å². The first-order valence-corrected chi connectivity index (χ1v) is 6.66. The van der Waals surface area contributed by atoms with Crippen LogP contribution < -0.4 is 5.32 Å². The number of halogens is 2. The Balaban J connectivity index is 2.91. The third kappa shape index (κ3) is 4.77. The third-order valence-corrected chi connectivity index (χ3v) is 3.03. The Morgan fingerprint density at radius 2 is 1.81 bits per heavy atom. The largest absolute Gasteiger partial charge is 0.349 e. The number of nitro groups is 1. The minimum Gasteiger partial charge on any atom is -0.349 e. The molecule has 1 aromatic rings. The molecular formula is C14H18F2N2O3. The number of amides is 1. The summed E-state index contributed by atoms with van der Waals surface area (Å²) in [6.45, 7) is 5.83. The molecule has 1 amide bonds. The maximum atomic E-state index is 13.2. The van der Waals surface area contributed by atoms with E-state index in [1.807, 2.05) is 13.8 Å². The van der Waals surface area contributed by atoms with Crippen LogP contribution in [-0.4, -0.2) is 16.9 Å². The number of hydrogen-bond acceptors (Lipinski definition) is 3. The first kappa shape index (κ1) is 17.0. The molecule has 0 fully saturated rings. The fourth-order valence-electron chi connectivity index (χ4n) is 1.83. The van der Waals surface area contributed by atoms with Crippen LogP contribution in [0.3, 0.4) is 0 Å². The van der Waals surface area contributed by atoms with Gasteiger partial charge in [-0.25, -0.2) is 8.78 Å². The minimum absolute atomic E-state index is 0.215. The molecule has 0 heterocycles. The molecule has 0 radical (unpaired) electrons. The van der Waals surface area contributed by atoms with Gasteiger partial charge in [0, 0.05) is 6.04 Å². The summed E-state index contributed by atoms with van der Waals surface area (Å²) in [5, 5.41) is 13.4. The highest BCUT2D eigenvalue weighted by Gasteiger charge is 2.24. The molecule has 1 atom stereocenters. The summed E-state index contributed by atoms with van der Waals surface area (Å²) in [6.07, 6.45) is 1.57. The number of rotatable bonds is 6. The van der Waals surface area contributed by atoms with E-state index in [1.54, 1.807) is 6.92 Å². The van der Waals surface area contributed by atoms with Crippen molar-refractivity contribution in [2.24, 2.45) is 5.92 Å². The molecule has 0 saturated carbocycles. The Morgan fingerprint density at radius 1 is 1.24 bits per heavy atom. The molecule has 0 spiro atoms. The Morgan fingerprint density at radius 3 is 2.33 bits per heavy atom. The van der Waals surface area contributed by atoms with Crippen molar-refractivity contribution in [3.8, 4) is 0 Å². The van der Waals surface area contributed by atoms with Crippen LogP contribution in [0.2, 0.25) is 0 Å². The first-order chi connectivity index (χ1) is 9.72. The van der Waals surface area contributed by atoms with Gasteiger partial charge in [-0.3, -0.25) is 14.9 Å². The van der Waals surface area contributed by atoms with Gasteiger partial charge in [-0.15, -0.1) is 0 Å². The SMILES string of the molecule is CC(C)CCC(C)NC(=O)c1cc(F)c(F)cc1[N+](=O)[O-]. The van der Waals surface area contributed by atoms with E-state index in [2.05, 4.69) is 5.32 Å². The van der Waals surface area contributed by atoms with Crippen LogP contribution in [0.5, 0.6) is 0 Å². The number of benzene rings is 1. The second-order valence-corrected chi connectivity index (χ2v) is 5.39. The van der Waals surface area contributed by atoms with Crippen molar-refractivity contribution in [2.75, 3.05) is 0 Å². The van der Waals surface area contributed by atoms with Crippen molar-refractivity contribution in [3.05, 3.63) is 39.4 Å². The van der Waals surface area contributed by atoms with Crippen LogP contribution in [0.15, 0.2) is 12.1 Å². The van der Waals surface area contributed by atoms with Gasteiger partial charge in [-0.2, -0.15) is 0 Å². The lowest BCUT2D eigenvalue weighted by Crippen LogP contribution is -2.33. The van der Waals surface area contributed by atoms with Gasteiger partial charge in [0.15, 0.2) is 11.6 Å². The predicted octanol–water partition coefficient (Wildman–Crippen LogP) is 3.43. The Kier molecular flexibility index (Phi) is 5.75. The molecule has 0 aliphatic heterocycles. The van der Waals surface area contributed by atoms with E-state index in [4.69, 9.17) is 0 Å². The lowest BCUT2D eigenvalue weighted by Gasteiger charge is -2.15. The van der Waals surface area contributed by atoms with E-state index in [9.17, 15) is 23.7 Å².